The Morgan fingerprint density at radius 1 is 0.900 bits per heavy atom. The zero-order chi connectivity index (χ0) is 13.8. The molecule has 2 aromatic rings. The molecule has 106 valence electrons. The van der Waals surface area contributed by atoms with E-state index in [1.54, 1.807) is 14.7 Å². The molecule has 0 saturated carbocycles. The molecule has 2 nitrogen and oxygen atoms in total. The van der Waals surface area contributed by atoms with Crippen molar-refractivity contribution in [1.82, 2.24) is 0 Å². The number of nitrogens with one attached hydrogen (secondary N) is 2. The van der Waals surface area contributed by atoms with Crippen LogP contribution in [0.3, 0.4) is 0 Å². The fourth-order valence-corrected chi connectivity index (χ4v) is 3.99. The molecule has 0 aliphatic carbocycles. The number of benzene rings is 1. The molecule has 0 atom stereocenters. The van der Waals surface area contributed by atoms with E-state index in [-0.39, 0.29) is 0 Å². The minimum atomic E-state index is 1.19. The van der Waals surface area contributed by atoms with Crippen LogP contribution >= 0.6 is 11.3 Å². The van der Waals surface area contributed by atoms with Gasteiger partial charge in [0.05, 0.1) is 4.88 Å². The highest BCUT2D eigenvalue weighted by molar-refractivity contribution is 7.10. The molecule has 1 aromatic heterocycles. The van der Waals surface area contributed by atoms with Crippen LogP contribution in [0.1, 0.15) is 16.0 Å². The second-order valence-electron chi connectivity index (χ2n) is 5.87. The Morgan fingerprint density at radius 2 is 1.55 bits per heavy atom. The number of thiophene rings is 1. The van der Waals surface area contributed by atoms with E-state index in [2.05, 4.69) is 48.7 Å². The van der Waals surface area contributed by atoms with Crippen molar-refractivity contribution in [3.05, 3.63) is 57.8 Å². The molecule has 1 saturated heterocycles. The van der Waals surface area contributed by atoms with Crippen molar-refractivity contribution < 1.29 is 9.80 Å². The Balaban J connectivity index is 1.49. The van der Waals surface area contributed by atoms with Crippen LogP contribution in [0.25, 0.3) is 0 Å². The van der Waals surface area contributed by atoms with Crippen molar-refractivity contribution >= 4 is 11.3 Å². The summed E-state index contributed by atoms with van der Waals surface area (Å²) >= 11 is 1.92. The first kappa shape index (κ1) is 13.8. The molecule has 0 bridgehead atoms. The van der Waals surface area contributed by atoms with Gasteiger partial charge in [-0.2, -0.15) is 0 Å². The lowest BCUT2D eigenvalue weighted by Gasteiger charge is -2.29. The van der Waals surface area contributed by atoms with E-state index in [9.17, 15) is 0 Å². The summed E-state index contributed by atoms with van der Waals surface area (Å²) in [4.78, 5) is 5.07. The molecule has 1 aromatic carbocycles. The molecule has 0 amide bonds. The molecule has 1 aliphatic heterocycles. The van der Waals surface area contributed by atoms with Gasteiger partial charge in [-0.1, -0.05) is 30.3 Å². The SMILES string of the molecule is Cc1ccsc1C[NH+]1CC[NH+](Cc2ccccc2)CC1. The van der Waals surface area contributed by atoms with Crippen LogP contribution in [-0.4, -0.2) is 26.2 Å². The average Bonchev–Trinajstić information content (AvgIpc) is 2.88. The fraction of sp³-hybridized carbons (Fsp3) is 0.412. The van der Waals surface area contributed by atoms with Gasteiger partial charge in [0, 0.05) is 5.56 Å². The van der Waals surface area contributed by atoms with E-state index in [0.717, 1.165) is 0 Å². The molecule has 3 heteroatoms. The molecular formula is C17H24N2S+2. The highest BCUT2D eigenvalue weighted by atomic mass is 32.1. The zero-order valence-corrected chi connectivity index (χ0v) is 13.0. The Labute approximate surface area is 125 Å². The maximum atomic E-state index is 2.25. The van der Waals surface area contributed by atoms with Crippen molar-refractivity contribution in [2.45, 2.75) is 20.0 Å². The Morgan fingerprint density at radius 3 is 2.15 bits per heavy atom. The first-order chi connectivity index (χ1) is 9.81. The number of piperazine rings is 1. The second-order valence-corrected chi connectivity index (χ2v) is 6.87. The van der Waals surface area contributed by atoms with E-state index in [0.29, 0.717) is 0 Å². The van der Waals surface area contributed by atoms with E-state index in [1.165, 1.54) is 50.4 Å². The van der Waals surface area contributed by atoms with Crippen molar-refractivity contribution in [1.29, 1.82) is 0 Å². The van der Waals surface area contributed by atoms with Crippen LogP contribution in [0.4, 0.5) is 0 Å². The van der Waals surface area contributed by atoms with E-state index in [4.69, 9.17) is 0 Å². The molecule has 0 spiro atoms. The number of hydrogen-bond acceptors (Lipinski definition) is 1. The second kappa shape index (κ2) is 6.53. The summed E-state index contributed by atoms with van der Waals surface area (Å²) in [5.41, 5.74) is 2.95. The lowest BCUT2D eigenvalue weighted by atomic mass is 10.2. The summed E-state index contributed by atoms with van der Waals surface area (Å²) in [7, 11) is 0. The number of hydrogen-bond donors (Lipinski definition) is 2. The van der Waals surface area contributed by atoms with Gasteiger partial charge in [0.25, 0.3) is 0 Å². The first-order valence-corrected chi connectivity index (χ1v) is 8.43. The average molecular weight is 288 g/mol. The molecule has 1 fully saturated rings. The van der Waals surface area contributed by atoms with Gasteiger partial charge in [-0.15, -0.1) is 11.3 Å². The van der Waals surface area contributed by atoms with Gasteiger partial charge >= 0.3 is 0 Å². The van der Waals surface area contributed by atoms with Gasteiger partial charge in [0.2, 0.25) is 0 Å². The van der Waals surface area contributed by atoms with Gasteiger partial charge in [0.15, 0.2) is 0 Å². The number of rotatable bonds is 4. The molecule has 2 N–H and O–H groups in total. The highest BCUT2D eigenvalue weighted by Gasteiger charge is 2.23. The first-order valence-electron chi connectivity index (χ1n) is 7.55. The van der Waals surface area contributed by atoms with Gasteiger partial charge in [0.1, 0.15) is 39.3 Å². The monoisotopic (exact) mass is 288 g/mol. The van der Waals surface area contributed by atoms with Gasteiger partial charge in [-0.25, -0.2) is 0 Å². The summed E-state index contributed by atoms with van der Waals surface area (Å²) in [5, 5.41) is 2.22. The summed E-state index contributed by atoms with van der Waals surface area (Å²) in [6.07, 6.45) is 0. The smallest absolute Gasteiger partial charge is 0.127 e. The Bertz CT molecular complexity index is 527. The van der Waals surface area contributed by atoms with Crippen LogP contribution < -0.4 is 9.80 Å². The summed E-state index contributed by atoms with van der Waals surface area (Å²) in [5.74, 6) is 0. The van der Waals surface area contributed by atoms with Crippen LogP contribution in [0, 0.1) is 6.92 Å². The molecule has 0 unspecified atom stereocenters. The molecule has 2 heterocycles. The normalized spacial score (nSPS) is 22.9. The van der Waals surface area contributed by atoms with E-state index >= 15 is 0 Å². The lowest BCUT2D eigenvalue weighted by molar-refractivity contribution is -1.02. The van der Waals surface area contributed by atoms with E-state index in [1.807, 2.05) is 11.3 Å². The van der Waals surface area contributed by atoms with Crippen molar-refractivity contribution in [2.75, 3.05) is 26.2 Å². The van der Waals surface area contributed by atoms with Crippen LogP contribution in [0.2, 0.25) is 0 Å². The Kier molecular flexibility index (Phi) is 4.51. The van der Waals surface area contributed by atoms with Crippen molar-refractivity contribution in [3.63, 3.8) is 0 Å². The van der Waals surface area contributed by atoms with Crippen LogP contribution in [0.5, 0.6) is 0 Å². The van der Waals surface area contributed by atoms with Crippen LogP contribution in [0.15, 0.2) is 41.8 Å². The fourth-order valence-electron chi connectivity index (χ4n) is 3.01. The molecule has 3 rings (SSSR count). The largest absolute Gasteiger partial charge is 0.322 e. The Hall–Kier alpha value is -1.16. The van der Waals surface area contributed by atoms with Crippen molar-refractivity contribution in [2.24, 2.45) is 0 Å². The van der Waals surface area contributed by atoms with Crippen molar-refractivity contribution in [3.8, 4) is 0 Å². The predicted octanol–water partition coefficient (Wildman–Crippen LogP) is 0.540. The molecule has 20 heavy (non-hydrogen) atoms. The summed E-state index contributed by atoms with van der Waals surface area (Å²) < 4.78 is 0. The minimum absolute atomic E-state index is 1.19. The minimum Gasteiger partial charge on any atom is -0.322 e. The maximum Gasteiger partial charge on any atom is 0.127 e. The van der Waals surface area contributed by atoms with E-state index < -0.39 is 0 Å². The molecule has 0 radical (unpaired) electrons. The molecule has 1 aliphatic rings. The maximum absolute atomic E-state index is 2.25. The highest BCUT2D eigenvalue weighted by Crippen LogP contribution is 2.13. The number of aryl methyl sites for hydroxylation is 1. The van der Waals surface area contributed by atoms with Crippen LogP contribution in [-0.2, 0) is 13.1 Å². The third-order valence-corrected chi connectivity index (χ3v) is 5.36. The lowest BCUT2D eigenvalue weighted by Crippen LogP contribution is -3.27. The predicted molar refractivity (Wildman–Crippen MR) is 84.3 cm³/mol. The van der Waals surface area contributed by atoms with Gasteiger partial charge < -0.3 is 9.80 Å². The topological polar surface area (TPSA) is 8.88 Å². The number of quaternary nitrogens is 2. The van der Waals surface area contributed by atoms with Gasteiger partial charge in [-0.05, 0) is 23.9 Å². The zero-order valence-electron chi connectivity index (χ0n) is 12.2. The molecular weight excluding hydrogens is 264 g/mol. The standard InChI is InChI=1S/C17H22N2S/c1-15-7-12-20-17(15)14-19-10-8-18(9-11-19)13-16-5-3-2-4-6-16/h2-7,12H,8-11,13-14H2,1H3/p+2. The summed E-state index contributed by atoms with van der Waals surface area (Å²) in [6, 6.07) is 13.1. The van der Waals surface area contributed by atoms with Gasteiger partial charge in [-0.3, -0.25) is 0 Å². The quantitative estimate of drug-likeness (QED) is 0.813. The third-order valence-electron chi connectivity index (χ3n) is 4.34. The summed E-state index contributed by atoms with van der Waals surface area (Å²) in [6.45, 7) is 9.86. The third kappa shape index (κ3) is 3.48.